The first-order chi connectivity index (χ1) is 14.9. The van der Waals surface area contributed by atoms with Gasteiger partial charge in [-0.2, -0.15) is 0 Å². The number of thioether (sulfide) groups is 1. The number of hydrogen-bond donors (Lipinski definition) is 1. The van der Waals surface area contributed by atoms with E-state index in [2.05, 4.69) is 9.88 Å². The molecule has 1 aliphatic heterocycles. The highest BCUT2D eigenvalue weighted by Gasteiger charge is 2.36. The van der Waals surface area contributed by atoms with Gasteiger partial charge in [0, 0.05) is 17.1 Å². The number of nitrogens with zero attached hydrogens (tertiary/aromatic N) is 2. The van der Waals surface area contributed by atoms with Gasteiger partial charge in [-0.05, 0) is 67.6 Å². The fourth-order valence-corrected chi connectivity index (χ4v) is 4.25. The predicted octanol–water partition coefficient (Wildman–Crippen LogP) is 4.42. The average Bonchev–Trinajstić information content (AvgIpc) is 3.42. The van der Waals surface area contributed by atoms with Crippen LogP contribution in [0, 0.1) is 13.8 Å². The molecule has 0 saturated carbocycles. The minimum absolute atomic E-state index is 0.302. The van der Waals surface area contributed by atoms with Crippen molar-refractivity contribution in [1.29, 1.82) is 0 Å². The molecule has 3 aromatic rings. The van der Waals surface area contributed by atoms with Crippen LogP contribution in [0.3, 0.4) is 0 Å². The molecular formula is C23H21N3O4S. The topological polar surface area (TPSA) is 84.5 Å². The van der Waals surface area contributed by atoms with Gasteiger partial charge in [0.25, 0.3) is 11.1 Å². The summed E-state index contributed by atoms with van der Waals surface area (Å²) < 4.78 is 7.52. The Labute approximate surface area is 183 Å². The average molecular weight is 436 g/mol. The highest BCUT2D eigenvalue weighted by atomic mass is 32.2. The van der Waals surface area contributed by atoms with Crippen LogP contribution in [0.5, 0.6) is 0 Å². The monoisotopic (exact) mass is 435 g/mol. The van der Waals surface area contributed by atoms with Crippen LogP contribution in [0.25, 0.3) is 6.08 Å². The molecule has 4 rings (SSSR count). The maximum absolute atomic E-state index is 12.8. The lowest BCUT2D eigenvalue weighted by molar-refractivity contribution is -0.127. The third kappa shape index (κ3) is 4.49. The summed E-state index contributed by atoms with van der Waals surface area (Å²) in [5.74, 6) is -0.0569. The van der Waals surface area contributed by atoms with Crippen molar-refractivity contribution in [2.45, 2.75) is 20.4 Å². The van der Waals surface area contributed by atoms with Crippen molar-refractivity contribution in [3.8, 4) is 0 Å². The molecule has 0 aliphatic carbocycles. The van der Waals surface area contributed by atoms with Crippen LogP contribution in [0.1, 0.15) is 22.7 Å². The third-order valence-corrected chi connectivity index (χ3v) is 5.93. The molecule has 0 atom stereocenters. The van der Waals surface area contributed by atoms with E-state index in [9.17, 15) is 14.4 Å². The fourth-order valence-electron chi connectivity index (χ4n) is 3.42. The van der Waals surface area contributed by atoms with E-state index in [0.29, 0.717) is 17.1 Å². The fraction of sp³-hybridized carbons (Fsp3) is 0.174. The first-order valence-electron chi connectivity index (χ1n) is 9.72. The molecule has 2 aromatic heterocycles. The summed E-state index contributed by atoms with van der Waals surface area (Å²) in [6.45, 7) is 4.19. The Balaban J connectivity index is 1.49. The molecule has 3 heterocycles. The number of para-hydroxylation sites is 1. The summed E-state index contributed by atoms with van der Waals surface area (Å²) in [4.78, 5) is 38.7. The second-order valence-corrected chi connectivity index (χ2v) is 8.17. The molecule has 1 fully saturated rings. The number of hydrogen-bond acceptors (Lipinski definition) is 5. The summed E-state index contributed by atoms with van der Waals surface area (Å²) in [5.41, 5.74) is 3.44. The zero-order valence-corrected chi connectivity index (χ0v) is 17.9. The molecule has 1 aromatic carbocycles. The quantitative estimate of drug-likeness (QED) is 0.580. The number of aryl methyl sites for hydroxylation is 1. The first kappa shape index (κ1) is 20.7. The van der Waals surface area contributed by atoms with Gasteiger partial charge in [-0.3, -0.25) is 19.3 Å². The SMILES string of the molecule is Cc1cc(/C=C2\SC(=O)N(CC(=O)Nc3ccccc3)C2=O)c(C)n1Cc1ccco1. The molecule has 31 heavy (non-hydrogen) atoms. The standard InChI is InChI=1S/C23H21N3O4S/c1-15-11-17(16(2)25(15)13-19-9-6-10-30-19)12-20-22(28)26(23(29)31-20)14-21(27)24-18-7-4-3-5-8-18/h3-12H,13-14H2,1-2H3,(H,24,27)/b20-12-. The van der Waals surface area contributed by atoms with E-state index in [-0.39, 0.29) is 6.54 Å². The van der Waals surface area contributed by atoms with Crippen LogP contribution in [0.15, 0.2) is 64.1 Å². The van der Waals surface area contributed by atoms with Crippen molar-refractivity contribution < 1.29 is 18.8 Å². The predicted molar refractivity (Wildman–Crippen MR) is 119 cm³/mol. The molecule has 0 unspecified atom stereocenters. The van der Waals surface area contributed by atoms with Gasteiger partial charge in [0.15, 0.2) is 0 Å². The van der Waals surface area contributed by atoms with Crippen LogP contribution in [0.4, 0.5) is 10.5 Å². The van der Waals surface area contributed by atoms with Crippen LogP contribution < -0.4 is 5.32 Å². The number of furan rings is 1. The molecule has 0 radical (unpaired) electrons. The van der Waals surface area contributed by atoms with E-state index in [1.165, 1.54) is 0 Å². The maximum atomic E-state index is 12.8. The Morgan fingerprint density at radius 1 is 1.13 bits per heavy atom. The van der Waals surface area contributed by atoms with Crippen molar-refractivity contribution in [1.82, 2.24) is 9.47 Å². The Bertz CT molecular complexity index is 1160. The van der Waals surface area contributed by atoms with Gasteiger partial charge >= 0.3 is 0 Å². The van der Waals surface area contributed by atoms with E-state index in [4.69, 9.17) is 4.42 Å². The van der Waals surface area contributed by atoms with E-state index in [0.717, 1.165) is 39.4 Å². The summed E-state index contributed by atoms with van der Waals surface area (Å²) in [5, 5.41) is 2.23. The largest absolute Gasteiger partial charge is 0.467 e. The number of benzene rings is 1. The van der Waals surface area contributed by atoms with Crippen LogP contribution >= 0.6 is 11.8 Å². The van der Waals surface area contributed by atoms with Gasteiger partial charge in [0.05, 0.1) is 17.7 Å². The Morgan fingerprint density at radius 3 is 2.61 bits per heavy atom. The zero-order valence-electron chi connectivity index (χ0n) is 17.1. The van der Waals surface area contributed by atoms with Gasteiger partial charge < -0.3 is 14.3 Å². The lowest BCUT2D eigenvalue weighted by Gasteiger charge is -2.12. The number of imide groups is 1. The summed E-state index contributed by atoms with van der Waals surface area (Å²) in [6, 6.07) is 14.6. The number of anilines is 1. The second-order valence-electron chi connectivity index (χ2n) is 7.17. The molecular weight excluding hydrogens is 414 g/mol. The van der Waals surface area contributed by atoms with E-state index < -0.39 is 17.1 Å². The van der Waals surface area contributed by atoms with Crippen molar-refractivity contribution in [2.24, 2.45) is 0 Å². The van der Waals surface area contributed by atoms with Crippen LogP contribution in [-0.2, 0) is 16.1 Å². The Morgan fingerprint density at radius 2 is 1.90 bits per heavy atom. The zero-order chi connectivity index (χ0) is 22.0. The minimum Gasteiger partial charge on any atom is -0.467 e. The van der Waals surface area contributed by atoms with Crippen molar-refractivity contribution in [3.63, 3.8) is 0 Å². The number of rotatable bonds is 6. The van der Waals surface area contributed by atoms with Crippen LogP contribution in [0.2, 0.25) is 0 Å². The highest BCUT2D eigenvalue weighted by Crippen LogP contribution is 2.33. The molecule has 158 valence electrons. The van der Waals surface area contributed by atoms with Gasteiger partial charge in [-0.25, -0.2) is 0 Å². The molecule has 1 aliphatic rings. The highest BCUT2D eigenvalue weighted by molar-refractivity contribution is 8.18. The van der Waals surface area contributed by atoms with Gasteiger partial charge in [-0.15, -0.1) is 0 Å². The van der Waals surface area contributed by atoms with Gasteiger partial charge in [-0.1, -0.05) is 18.2 Å². The number of aromatic nitrogens is 1. The van der Waals surface area contributed by atoms with Crippen LogP contribution in [-0.4, -0.2) is 33.1 Å². The first-order valence-corrected chi connectivity index (χ1v) is 10.5. The summed E-state index contributed by atoms with van der Waals surface area (Å²) >= 11 is 0.845. The minimum atomic E-state index is -0.464. The second kappa shape index (κ2) is 8.69. The van der Waals surface area contributed by atoms with Crippen molar-refractivity contribution >= 4 is 40.6 Å². The molecule has 3 amide bonds. The summed E-state index contributed by atoms with van der Waals surface area (Å²) in [6.07, 6.45) is 3.34. The lowest BCUT2D eigenvalue weighted by Crippen LogP contribution is -2.36. The number of carbonyl (C=O) groups excluding carboxylic acids is 3. The molecule has 0 bridgehead atoms. The Hall–Kier alpha value is -3.52. The number of amides is 3. The third-order valence-electron chi connectivity index (χ3n) is 5.03. The van der Waals surface area contributed by atoms with Crippen molar-refractivity contribution in [3.05, 3.63) is 82.4 Å². The number of carbonyl (C=O) groups is 3. The summed E-state index contributed by atoms with van der Waals surface area (Å²) in [7, 11) is 0. The molecule has 1 saturated heterocycles. The van der Waals surface area contributed by atoms with Crippen molar-refractivity contribution in [2.75, 3.05) is 11.9 Å². The molecule has 7 nitrogen and oxygen atoms in total. The van der Waals surface area contributed by atoms with Gasteiger partial charge in [0.1, 0.15) is 12.3 Å². The number of nitrogens with one attached hydrogen (secondary N) is 1. The lowest BCUT2D eigenvalue weighted by atomic mass is 10.2. The molecule has 1 N–H and O–H groups in total. The van der Waals surface area contributed by atoms with E-state index >= 15 is 0 Å². The normalized spacial score (nSPS) is 15.2. The van der Waals surface area contributed by atoms with E-state index in [1.54, 1.807) is 36.6 Å². The molecule has 0 spiro atoms. The van der Waals surface area contributed by atoms with E-state index in [1.807, 2.05) is 38.1 Å². The Kier molecular flexibility index (Phi) is 5.81. The maximum Gasteiger partial charge on any atom is 0.294 e. The molecule has 8 heteroatoms. The van der Waals surface area contributed by atoms with Gasteiger partial charge in [0.2, 0.25) is 5.91 Å². The smallest absolute Gasteiger partial charge is 0.294 e.